The highest BCUT2D eigenvalue weighted by atomic mass is 16.5. The highest BCUT2D eigenvalue weighted by Crippen LogP contribution is 2.31. The zero-order valence-corrected chi connectivity index (χ0v) is 13.4. The molecule has 0 aliphatic carbocycles. The van der Waals surface area contributed by atoms with Gasteiger partial charge in [-0.1, -0.05) is 30.3 Å². The molecule has 2 aliphatic heterocycles. The second-order valence-electron chi connectivity index (χ2n) is 6.43. The molecule has 0 radical (unpaired) electrons. The van der Waals surface area contributed by atoms with Crippen LogP contribution in [0.2, 0.25) is 0 Å². The van der Waals surface area contributed by atoms with Gasteiger partial charge in [0.2, 0.25) is 5.91 Å². The summed E-state index contributed by atoms with van der Waals surface area (Å²) < 4.78 is 5.57. The van der Waals surface area contributed by atoms with Gasteiger partial charge in [-0.15, -0.1) is 0 Å². The second-order valence-corrected chi connectivity index (χ2v) is 6.43. The molecule has 2 aromatic carbocycles. The average Bonchev–Trinajstić information content (AvgIpc) is 3.13. The Balaban J connectivity index is 1.61. The van der Waals surface area contributed by atoms with Gasteiger partial charge in [0.15, 0.2) is 0 Å². The van der Waals surface area contributed by atoms with Crippen molar-refractivity contribution in [2.24, 2.45) is 0 Å². The van der Waals surface area contributed by atoms with E-state index < -0.39 is 0 Å². The fourth-order valence-electron chi connectivity index (χ4n) is 4.11. The molecule has 4 heteroatoms. The average molecular weight is 310 g/mol. The first-order chi connectivity index (χ1) is 11.3. The number of hydrogen-bond donors (Lipinski definition) is 1. The maximum Gasteiger partial charge on any atom is 0.224 e. The van der Waals surface area contributed by atoms with E-state index in [0.717, 1.165) is 31.7 Å². The fraction of sp³-hybridized carbons (Fsp3) is 0.421. The largest absolute Gasteiger partial charge is 0.496 e. The summed E-state index contributed by atoms with van der Waals surface area (Å²) in [5, 5.41) is 5.88. The number of nitrogens with zero attached hydrogens (tertiary/aromatic N) is 1. The van der Waals surface area contributed by atoms with Gasteiger partial charge in [-0.2, -0.15) is 0 Å². The minimum absolute atomic E-state index is 0.284. The summed E-state index contributed by atoms with van der Waals surface area (Å²) in [5.41, 5.74) is 1.20. The molecule has 4 rings (SSSR count). The number of hydrogen-bond acceptors (Lipinski definition) is 3. The van der Waals surface area contributed by atoms with Gasteiger partial charge < -0.3 is 15.0 Å². The number of amides is 1. The molecular formula is C19H22N2O2. The van der Waals surface area contributed by atoms with E-state index in [-0.39, 0.29) is 5.91 Å². The van der Waals surface area contributed by atoms with Crippen LogP contribution in [0.4, 0.5) is 0 Å². The fourth-order valence-corrected chi connectivity index (χ4v) is 4.11. The molecule has 2 saturated heterocycles. The van der Waals surface area contributed by atoms with Crippen LogP contribution in [0.5, 0.6) is 5.75 Å². The molecule has 1 amide bonds. The summed E-state index contributed by atoms with van der Waals surface area (Å²) in [6.07, 6.45) is 2.56. The third-order valence-electron chi connectivity index (χ3n) is 5.25. The van der Waals surface area contributed by atoms with Crippen molar-refractivity contribution < 1.29 is 9.53 Å². The van der Waals surface area contributed by atoms with Crippen LogP contribution in [0.3, 0.4) is 0 Å². The third-order valence-corrected chi connectivity index (χ3v) is 5.25. The van der Waals surface area contributed by atoms with Gasteiger partial charge in [0.05, 0.1) is 7.11 Å². The Morgan fingerprint density at radius 2 is 2.13 bits per heavy atom. The van der Waals surface area contributed by atoms with Crippen molar-refractivity contribution in [3.63, 3.8) is 0 Å². The van der Waals surface area contributed by atoms with E-state index in [1.807, 2.05) is 6.07 Å². The number of methoxy groups -OCH3 is 1. The first kappa shape index (κ1) is 14.5. The number of carbonyl (C=O) groups excluding carboxylic acids is 1. The summed E-state index contributed by atoms with van der Waals surface area (Å²) in [5.74, 6) is 1.20. The number of likely N-dealkylation sites (tertiary alicyclic amines) is 1. The van der Waals surface area contributed by atoms with Crippen LogP contribution in [0.25, 0.3) is 10.8 Å². The van der Waals surface area contributed by atoms with Crippen LogP contribution in [0.15, 0.2) is 36.4 Å². The predicted octanol–water partition coefficient (Wildman–Crippen LogP) is 2.35. The Morgan fingerprint density at radius 1 is 1.26 bits per heavy atom. The predicted molar refractivity (Wildman–Crippen MR) is 90.7 cm³/mol. The van der Waals surface area contributed by atoms with Gasteiger partial charge in [-0.3, -0.25) is 4.79 Å². The summed E-state index contributed by atoms with van der Waals surface area (Å²) in [7, 11) is 1.71. The molecule has 0 bridgehead atoms. The van der Waals surface area contributed by atoms with E-state index in [4.69, 9.17) is 4.74 Å². The van der Waals surface area contributed by atoms with E-state index in [0.29, 0.717) is 18.5 Å². The van der Waals surface area contributed by atoms with E-state index in [2.05, 4.69) is 40.5 Å². The maximum atomic E-state index is 12.3. The van der Waals surface area contributed by atoms with Crippen molar-refractivity contribution in [3.05, 3.63) is 42.0 Å². The van der Waals surface area contributed by atoms with Crippen molar-refractivity contribution in [1.82, 2.24) is 10.2 Å². The van der Waals surface area contributed by atoms with E-state index in [1.165, 1.54) is 16.3 Å². The van der Waals surface area contributed by atoms with E-state index >= 15 is 0 Å². The van der Waals surface area contributed by atoms with Gasteiger partial charge in [-0.05, 0) is 36.2 Å². The number of fused-ring (bicyclic) bond motifs is 2. The van der Waals surface area contributed by atoms with Crippen LogP contribution in [-0.4, -0.2) is 43.1 Å². The van der Waals surface area contributed by atoms with Gasteiger partial charge in [0.1, 0.15) is 5.75 Å². The topological polar surface area (TPSA) is 41.6 Å². The first-order valence-corrected chi connectivity index (χ1v) is 8.35. The van der Waals surface area contributed by atoms with Crippen molar-refractivity contribution in [2.45, 2.75) is 31.3 Å². The van der Waals surface area contributed by atoms with Gasteiger partial charge in [0.25, 0.3) is 0 Å². The Bertz CT molecular complexity index is 743. The Morgan fingerprint density at radius 3 is 3.00 bits per heavy atom. The SMILES string of the molecule is COc1ccc2ccccc2c1CCN1C(=O)C[C@H]2NCC[C@H]21. The van der Waals surface area contributed by atoms with E-state index in [1.54, 1.807) is 7.11 Å². The standard InChI is InChI=1S/C19H22N2O2/c1-23-18-7-6-13-4-2-3-5-14(13)15(18)9-11-21-17-8-10-20-16(17)12-19(21)22/h2-7,16-17,20H,8-12H2,1H3/t16-,17-/m1/s1. The maximum absolute atomic E-state index is 12.3. The smallest absolute Gasteiger partial charge is 0.224 e. The van der Waals surface area contributed by atoms with Crippen LogP contribution in [0, 0.1) is 0 Å². The summed E-state index contributed by atoms with van der Waals surface area (Å²) in [6, 6.07) is 13.2. The number of benzene rings is 2. The molecule has 23 heavy (non-hydrogen) atoms. The minimum atomic E-state index is 0.284. The lowest BCUT2D eigenvalue weighted by atomic mass is 10.0. The molecule has 2 aliphatic rings. The zero-order valence-electron chi connectivity index (χ0n) is 13.4. The number of ether oxygens (including phenoxy) is 1. The highest BCUT2D eigenvalue weighted by molar-refractivity contribution is 5.88. The van der Waals surface area contributed by atoms with Gasteiger partial charge in [-0.25, -0.2) is 0 Å². The molecular weight excluding hydrogens is 288 g/mol. The molecule has 2 fully saturated rings. The van der Waals surface area contributed by atoms with Crippen LogP contribution in [0.1, 0.15) is 18.4 Å². The first-order valence-electron chi connectivity index (χ1n) is 8.35. The van der Waals surface area contributed by atoms with E-state index in [9.17, 15) is 4.79 Å². The lowest BCUT2D eigenvalue weighted by Crippen LogP contribution is -2.37. The van der Waals surface area contributed by atoms with Gasteiger partial charge >= 0.3 is 0 Å². The molecule has 0 unspecified atom stereocenters. The van der Waals surface area contributed by atoms with Crippen LogP contribution >= 0.6 is 0 Å². The Kier molecular flexibility index (Phi) is 3.69. The third kappa shape index (κ3) is 2.47. The molecule has 2 aromatic rings. The van der Waals surface area contributed by atoms with Crippen LogP contribution < -0.4 is 10.1 Å². The molecule has 0 saturated carbocycles. The van der Waals surface area contributed by atoms with Crippen molar-refractivity contribution >= 4 is 16.7 Å². The lowest BCUT2D eigenvalue weighted by Gasteiger charge is -2.24. The van der Waals surface area contributed by atoms with Crippen molar-refractivity contribution in [2.75, 3.05) is 20.2 Å². The Hall–Kier alpha value is -2.07. The summed E-state index contributed by atoms with van der Waals surface area (Å²) >= 11 is 0. The Labute approximate surface area is 136 Å². The van der Waals surface area contributed by atoms with Crippen LogP contribution in [-0.2, 0) is 11.2 Å². The van der Waals surface area contributed by atoms with Crippen molar-refractivity contribution in [1.29, 1.82) is 0 Å². The van der Waals surface area contributed by atoms with Gasteiger partial charge in [0, 0.05) is 30.6 Å². The highest BCUT2D eigenvalue weighted by Gasteiger charge is 2.41. The molecule has 0 aromatic heterocycles. The quantitative estimate of drug-likeness (QED) is 0.942. The molecule has 0 spiro atoms. The second kappa shape index (κ2) is 5.85. The lowest BCUT2D eigenvalue weighted by molar-refractivity contribution is -0.129. The van der Waals surface area contributed by atoms with Crippen molar-refractivity contribution in [3.8, 4) is 5.75 Å². The zero-order chi connectivity index (χ0) is 15.8. The monoisotopic (exact) mass is 310 g/mol. The molecule has 120 valence electrons. The minimum Gasteiger partial charge on any atom is -0.496 e. The number of rotatable bonds is 4. The molecule has 2 heterocycles. The number of carbonyl (C=O) groups is 1. The number of nitrogens with one attached hydrogen (secondary N) is 1. The molecule has 2 atom stereocenters. The molecule has 1 N–H and O–H groups in total. The summed E-state index contributed by atoms with van der Waals surface area (Å²) in [4.78, 5) is 14.4. The molecule has 4 nitrogen and oxygen atoms in total. The normalized spacial score (nSPS) is 23.5. The summed E-state index contributed by atoms with van der Waals surface area (Å²) in [6.45, 7) is 1.79.